The predicted molar refractivity (Wildman–Crippen MR) is 69.1 cm³/mol. The highest BCUT2D eigenvalue weighted by Gasteiger charge is 2.53. The molecule has 0 spiro atoms. The first-order valence-electron chi connectivity index (χ1n) is 7.35. The van der Waals surface area contributed by atoms with Crippen LogP contribution in [0, 0.1) is 5.92 Å². The summed E-state index contributed by atoms with van der Waals surface area (Å²) in [5.41, 5.74) is -0.484. The third-order valence-corrected chi connectivity index (χ3v) is 4.92. The molecule has 1 atom stereocenters. The zero-order valence-electron chi connectivity index (χ0n) is 11.2. The zero-order chi connectivity index (χ0) is 12.8. The van der Waals surface area contributed by atoms with E-state index in [9.17, 15) is 9.90 Å². The molecule has 4 heteroatoms. The molecule has 0 radical (unpaired) electrons. The Morgan fingerprint density at radius 2 is 1.89 bits per heavy atom. The fourth-order valence-corrected chi connectivity index (χ4v) is 3.37. The number of β-amino-alcohol motifs (C(OH)–C–C–N with tert-alkyl or cyclic N) is 1. The highest BCUT2D eigenvalue weighted by atomic mass is 16.3. The molecule has 102 valence electrons. The number of hydrogen-bond donors (Lipinski definition) is 2. The highest BCUT2D eigenvalue weighted by Crippen LogP contribution is 2.44. The molecule has 0 aromatic carbocycles. The Balaban J connectivity index is 1.46. The van der Waals surface area contributed by atoms with E-state index >= 15 is 0 Å². The zero-order valence-corrected chi connectivity index (χ0v) is 11.2. The first-order chi connectivity index (χ1) is 8.58. The van der Waals surface area contributed by atoms with Gasteiger partial charge < -0.3 is 10.4 Å². The van der Waals surface area contributed by atoms with Crippen molar-refractivity contribution in [1.29, 1.82) is 0 Å². The standard InChI is InChI=1S/C14H24N2O2/c1-10(13(17)15-12-4-2-3-5-12)16-8-14(18,9-16)11-6-7-11/h10-12,18H,2-9H2,1H3,(H,15,17). The Morgan fingerprint density at radius 1 is 1.28 bits per heavy atom. The van der Waals surface area contributed by atoms with Crippen molar-refractivity contribution in [2.75, 3.05) is 13.1 Å². The molecular weight excluding hydrogens is 228 g/mol. The van der Waals surface area contributed by atoms with Crippen molar-refractivity contribution in [3.8, 4) is 0 Å². The summed E-state index contributed by atoms with van der Waals surface area (Å²) in [5, 5.41) is 13.4. The van der Waals surface area contributed by atoms with Crippen LogP contribution in [0.2, 0.25) is 0 Å². The van der Waals surface area contributed by atoms with Gasteiger partial charge in [0, 0.05) is 19.1 Å². The van der Waals surface area contributed by atoms with Crippen LogP contribution in [0.15, 0.2) is 0 Å². The molecule has 2 saturated carbocycles. The SMILES string of the molecule is CC(C(=O)NC1CCCC1)N1CC(O)(C2CC2)C1. The van der Waals surface area contributed by atoms with E-state index in [0.717, 1.165) is 25.7 Å². The van der Waals surface area contributed by atoms with E-state index in [1.807, 2.05) is 6.92 Å². The van der Waals surface area contributed by atoms with E-state index in [4.69, 9.17) is 0 Å². The van der Waals surface area contributed by atoms with Gasteiger partial charge in [-0.1, -0.05) is 12.8 Å². The smallest absolute Gasteiger partial charge is 0.237 e. The number of amides is 1. The monoisotopic (exact) mass is 252 g/mol. The summed E-state index contributed by atoms with van der Waals surface area (Å²) in [6, 6.07) is 0.299. The molecule has 3 aliphatic rings. The third-order valence-electron chi connectivity index (χ3n) is 4.92. The van der Waals surface area contributed by atoms with Gasteiger partial charge in [-0.15, -0.1) is 0 Å². The first kappa shape index (κ1) is 12.4. The van der Waals surface area contributed by atoms with Gasteiger partial charge in [0.25, 0.3) is 0 Å². The number of carbonyl (C=O) groups is 1. The molecule has 2 N–H and O–H groups in total. The summed E-state index contributed by atoms with van der Waals surface area (Å²) in [4.78, 5) is 14.2. The van der Waals surface area contributed by atoms with Crippen molar-refractivity contribution in [2.24, 2.45) is 5.92 Å². The third kappa shape index (κ3) is 2.28. The van der Waals surface area contributed by atoms with Gasteiger partial charge >= 0.3 is 0 Å². The Kier molecular flexibility index (Phi) is 3.10. The van der Waals surface area contributed by atoms with Crippen LogP contribution in [0.4, 0.5) is 0 Å². The number of rotatable bonds is 4. The van der Waals surface area contributed by atoms with Crippen LogP contribution in [0.1, 0.15) is 45.4 Å². The lowest BCUT2D eigenvalue weighted by Crippen LogP contribution is -2.67. The van der Waals surface area contributed by atoms with Crippen LogP contribution in [0.5, 0.6) is 0 Å². The molecule has 0 aromatic rings. The van der Waals surface area contributed by atoms with Gasteiger partial charge in [0.1, 0.15) is 0 Å². The second kappa shape index (κ2) is 4.49. The van der Waals surface area contributed by atoms with E-state index in [1.165, 1.54) is 12.8 Å². The number of aliphatic hydroxyl groups is 1. The fourth-order valence-electron chi connectivity index (χ4n) is 3.37. The minimum absolute atomic E-state index is 0.0929. The lowest BCUT2D eigenvalue weighted by molar-refractivity contribution is -0.147. The quantitative estimate of drug-likeness (QED) is 0.781. The number of likely N-dealkylation sites (tertiary alicyclic amines) is 1. The van der Waals surface area contributed by atoms with Crippen LogP contribution < -0.4 is 5.32 Å². The maximum Gasteiger partial charge on any atom is 0.237 e. The van der Waals surface area contributed by atoms with Gasteiger partial charge in [-0.2, -0.15) is 0 Å². The van der Waals surface area contributed by atoms with Crippen LogP contribution in [0.25, 0.3) is 0 Å². The van der Waals surface area contributed by atoms with Crippen LogP contribution in [-0.4, -0.2) is 46.7 Å². The molecule has 1 unspecified atom stereocenters. The molecule has 1 amide bonds. The molecule has 18 heavy (non-hydrogen) atoms. The largest absolute Gasteiger partial charge is 0.387 e. The Hall–Kier alpha value is -0.610. The maximum absolute atomic E-state index is 12.1. The van der Waals surface area contributed by atoms with Crippen molar-refractivity contribution in [3.05, 3.63) is 0 Å². The van der Waals surface area contributed by atoms with Gasteiger partial charge in [0.2, 0.25) is 5.91 Å². The average molecular weight is 252 g/mol. The Labute approximate surface area is 109 Å². The summed E-state index contributed by atoms with van der Waals surface area (Å²) in [6.07, 6.45) is 7.06. The van der Waals surface area contributed by atoms with E-state index in [2.05, 4.69) is 10.2 Å². The van der Waals surface area contributed by atoms with Gasteiger partial charge in [-0.25, -0.2) is 0 Å². The molecule has 0 aromatic heterocycles. The molecular formula is C14H24N2O2. The second-order valence-corrected chi connectivity index (χ2v) is 6.45. The molecule has 3 rings (SSSR count). The van der Waals surface area contributed by atoms with E-state index in [1.54, 1.807) is 0 Å². The summed E-state index contributed by atoms with van der Waals surface area (Å²) >= 11 is 0. The lowest BCUT2D eigenvalue weighted by atomic mass is 9.87. The van der Waals surface area contributed by atoms with E-state index < -0.39 is 5.60 Å². The number of hydrogen-bond acceptors (Lipinski definition) is 3. The number of nitrogens with one attached hydrogen (secondary N) is 1. The van der Waals surface area contributed by atoms with Crippen molar-refractivity contribution >= 4 is 5.91 Å². The molecule has 4 nitrogen and oxygen atoms in total. The molecule has 1 aliphatic heterocycles. The average Bonchev–Trinajstić information content (AvgIpc) is 3.04. The topological polar surface area (TPSA) is 52.6 Å². The second-order valence-electron chi connectivity index (χ2n) is 6.45. The number of carbonyl (C=O) groups excluding carboxylic acids is 1. The van der Waals surface area contributed by atoms with Crippen LogP contribution >= 0.6 is 0 Å². The summed E-state index contributed by atoms with van der Waals surface area (Å²) in [5.74, 6) is 0.638. The predicted octanol–water partition coefficient (Wildman–Crippen LogP) is 0.890. The molecule has 1 saturated heterocycles. The van der Waals surface area contributed by atoms with Gasteiger partial charge in [0.15, 0.2) is 0 Å². The minimum Gasteiger partial charge on any atom is -0.387 e. The maximum atomic E-state index is 12.1. The summed E-state index contributed by atoms with van der Waals surface area (Å²) < 4.78 is 0. The molecule has 3 fully saturated rings. The summed E-state index contributed by atoms with van der Waals surface area (Å²) in [6.45, 7) is 3.31. The Morgan fingerprint density at radius 3 is 2.44 bits per heavy atom. The molecule has 1 heterocycles. The fraction of sp³-hybridized carbons (Fsp3) is 0.929. The van der Waals surface area contributed by atoms with Gasteiger partial charge in [0.05, 0.1) is 11.6 Å². The van der Waals surface area contributed by atoms with Crippen molar-refractivity contribution in [3.63, 3.8) is 0 Å². The first-order valence-corrected chi connectivity index (χ1v) is 7.35. The summed E-state index contributed by atoms with van der Waals surface area (Å²) in [7, 11) is 0. The van der Waals surface area contributed by atoms with E-state index in [-0.39, 0.29) is 11.9 Å². The highest BCUT2D eigenvalue weighted by molar-refractivity contribution is 5.81. The van der Waals surface area contributed by atoms with Crippen LogP contribution in [-0.2, 0) is 4.79 Å². The van der Waals surface area contributed by atoms with Crippen molar-refractivity contribution in [1.82, 2.24) is 10.2 Å². The lowest BCUT2D eigenvalue weighted by Gasteiger charge is -2.49. The van der Waals surface area contributed by atoms with Gasteiger partial charge in [-0.3, -0.25) is 9.69 Å². The van der Waals surface area contributed by atoms with Crippen molar-refractivity contribution in [2.45, 2.75) is 63.1 Å². The molecule has 2 aliphatic carbocycles. The van der Waals surface area contributed by atoms with Crippen LogP contribution in [0.3, 0.4) is 0 Å². The normalized spacial score (nSPS) is 29.9. The van der Waals surface area contributed by atoms with E-state index in [0.29, 0.717) is 25.0 Å². The Bertz CT molecular complexity index is 329. The minimum atomic E-state index is -0.484. The van der Waals surface area contributed by atoms with Crippen molar-refractivity contribution < 1.29 is 9.90 Å². The van der Waals surface area contributed by atoms with Gasteiger partial charge in [-0.05, 0) is 38.5 Å². The number of nitrogens with zero attached hydrogens (tertiary/aromatic N) is 1. The molecule has 0 bridgehead atoms.